The number of ether oxygens (including phenoxy) is 4. The average molecular weight is 406 g/mol. The zero-order valence-electron chi connectivity index (χ0n) is 16.7. The van der Waals surface area contributed by atoms with Crippen molar-refractivity contribution in [3.63, 3.8) is 0 Å². The number of hydrogen-bond acceptors (Lipinski definition) is 4. The first-order valence-electron chi connectivity index (χ1n) is 10.7. The van der Waals surface area contributed by atoms with Crippen molar-refractivity contribution in [2.75, 3.05) is 26.4 Å². The van der Waals surface area contributed by atoms with E-state index in [0.717, 1.165) is 32.5 Å². The Bertz CT molecular complexity index is 492. The number of halogens is 3. The summed E-state index contributed by atoms with van der Waals surface area (Å²) in [4.78, 5) is 0. The van der Waals surface area contributed by atoms with Gasteiger partial charge < -0.3 is 18.9 Å². The molecule has 0 aromatic carbocycles. The van der Waals surface area contributed by atoms with Crippen LogP contribution in [0.2, 0.25) is 0 Å². The molecule has 1 aliphatic carbocycles. The van der Waals surface area contributed by atoms with E-state index in [1.54, 1.807) is 0 Å². The van der Waals surface area contributed by atoms with Gasteiger partial charge in [0.25, 0.3) is 0 Å². The predicted octanol–water partition coefficient (Wildman–Crippen LogP) is 5.22. The topological polar surface area (TPSA) is 36.9 Å². The molecule has 0 bridgehead atoms. The van der Waals surface area contributed by atoms with Crippen LogP contribution in [0.15, 0.2) is 11.6 Å². The second-order valence-corrected chi connectivity index (χ2v) is 8.34. The van der Waals surface area contributed by atoms with Crippen LogP contribution in [0.4, 0.5) is 13.2 Å². The van der Waals surface area contributed by atoms with Crippen molar-refractivity contribution in [3.8, 4) is 0 Å². The lowest BCUT2D eigenvalue weighted by atomic mass is 9.88. The van der Waals surface area contributed by atoms with E-state index in [1.165, 1.54) is 18.9 Å². The zero-order valence-corrected chi connectivity index (χ0v) is 16.7. The molecule has 28 heavy (non-hydrogen) atoms. The van der Waals surface area contributed by atoms with Gasteiger partial charge in [-0.1, -0.05) is 25.8 Å². The van der Waals surface area contributed by atoms with Gasteiger partial charge in [-0.25, -0.2) is 0 Å². The van der Waals surface area contributed by atoms with Gasteiger partial charge in [-0.3, -0.25) is 0 Å². The summed E-state index contributed by atoms with van der Waals surface area (Å²) in [5.74, 6) is 0.809. The maximum atomic E-state index is 12.7. The van der Waals surface area contributed by atoms with Crippen molar-refractivity contribution in [2.24, 2.45) is 17.8 Å². The minimum absolute atomic E-state index is 0.0112. The molecule has 0 aromatic rings. The lowest BCUT2D eigenvalue weighted by molar-refractivity contribution is -0.233. The molecule has 0 amide bonds. The highest BCUT2D eigenvalue weighted by molar-refractivity contribution is 5.12. The highest BCUT2D eigenvalue weighted by atomic mass is 19.4. The van der Waals surface area contributed by atoms with E-state index < -0.39 is 11.7 Å². The number of unbranched alkanes of at least 4 members (excludes halogenated alkanes) is 1. The Morgan fingerprint density at radius 2 is 1.57 bits per heavy atom. The quantitative estimate of drug-likeness (QED) is 0.543. The third kappa shape index (κ3) is 6.44. The second-order valence-electron chi connectivity index (χ2n) is 8.34. The van der Waals surface area contributed by atoms with Crippen molar-refractivity contribution >= 4 is 0 Å². The number of rotatable bonds is 7. The van der Waals surface area contributed by atoms with E-state index in [2.05, 4.69) is 6.92 Å². The maximum absolute atomic E-state index is 12.7. The van der Waals surface area contributed by atoms with Gasteiger partial charge in [0.1, 0.15) is 0 Å². The van der Waals surface area contributed by atoms with Crippen LogP contribution in [0.3, 0.4) is 0 Å². The van der Waals surface area contributed by atoms with E-state index >= 15 is 0 Å². The van der Waals surface area contributed by atoms with E-state index in [1.807, 2.05) is 0 Å². The van der Waals surface area contributed by atoms with Crippen LogP contribution in [-0.4, -0.2) is 45.2 Å². The van der Waals surface area contributed by atoms with Gasteiger partial charge in [-0.2, -0.15) is 13.2 Å². The Kier molecular flexibility index (Phi) is 8.21. The van der Waals surface area contributed by atoms with Gasteiger partial charge in [0.2, 0.25) is 0 Å². The fourth-order valence-electron chi connectivity index (χ4n) is 4.14. The molecule has 2 heterocycles. The largest absolute Gasteiger partial charge is 0.412 e. The zero-order chi connectivity index (χ0) is 20.0. The molecule has 0 spiro atoms. The molecule has 0 radical (unpaired) electrons. The highest BCUT2D eigenvalue weighted by Gasteiger charge is 2.38. The summed E-state index contributed by atoms with van der Waals surface area (Å²) >= 11 is 0. The predicted molar refractivity (Wildman–Crippen MR) is 98.6 cm³/mol. The molecule has 3 rings (SSSR count). The summed E-state index contributed by atoms with van der Waals surface area (Å²) in [6.45, 7) is 4.92. The Hall–Kier alpha value is -0.630. The molecule has 162 valence electrons. The van der Waals surface area contributed by atoms with Gasteiger partial charge in [-0.15, -0.1) is 0 Å². The lowest BCUT2D eigenvalue weighted by Gasteiger charge is -2.36. The average Bonchev–Trinajstić information content (AvgIpc) is 2.71. The minimum atomic E-state index is -4.20. The van der Waals surface area contributed by atoms with Crippen LogP contribution >= 0.6 is 0 Å². The smallest absolute Gasteiger partial charge is 0.352 e. The Balaban J connectivity index is 1.31. The first-order chi connectivity index (χ1) is 13.5. The summed E-state index contributed by atoms with van der Waals surface area (Å²) in [7, 11) is 0. The maximum Gasteiger partial charge on any atom is 0.412 e. The summed E-state index contributed by atoms with van der Waals surface area (Å²) < 4.78 is 61.5. The molecule has 0 aromatic heterocycles. The van der Waals surface area contributed by atoms with Crippen molar-refractivity contribution in [1.29, 1.82) is 0 Å². The summed E-state index contributed by atoms with van der Waals surface area (Å²) in [6, 6.07) is 0. The fourth-order valence-corrected chi connectivity index (χ4v) is 4.14. The SMILES string of the molecule is CCCCC1COC(CCC2COC(C3CC=C(C(F)(F)F)CC3)OC2)OC1. The molecule has 0 N–H and O–H groups in total. The van der Waals surface area contributed by atoms with Crippen LogP contribution in [0.1, 0.15) is 58.3 Å². The molecule has 1 unspecified atom stereocenters. The number of alkyl halides is 3. The van der Waals surface area contributed by atoms with Crippen molar-refractivity contribution in [1.82, 2.24) is 0 Å². The lowest BCUT2D eigenvalue weighted by Crippen LogP contribution is -2.39. The number of allylic oxidation sites excluding steroid dienone is 2. The van der Waals surface area contributed by atoms with Gasteiger partial charge in [0.05, 0.1) is 26.4 Å². The van der Waals surface area contributed by atoms with Crippen molar-refractivity contribution in [3.05, 3.63) is 11.6 Å². The van der Waals surface area contributed by atoms with E-state index in [9.17, 15) is 13.2 Å². The van der Waals surface area contributed by atoms with Crippen LogP contribution < -0.4 is 0 Å². The molecular formula is C21H33F3O4. The minimum Gasteiger partial charge on any atom is -0.352 e. The molecule has 1 atom stereocenters. The van der Waals surface area contributed by atoms with Gasteiger partial charge in [0, 0.05) is 23.3 Å². The highest BCUT2D eigenvalue weighted by Crippen LogP contribution is 2.37. The Morgan fingerprint density at radius 1 is 0.929 bits per heavy atom. The fraction of sp³-hybridized carbons (Fsp3) is 0.905. The Labute approximate surface area is 165 Å². The van der Waals surface area contributed by atoms with E-state index in [4.69, 9.17) is 18.9 Å². The van der Waals surface area contributed by atoms with Crippen LogP contribution in [0.25, 0.3) is 0 Å². The molecule has 0 saturated carbocycles. The van der Waals surface area contributed by atoms with Crippen molar-refractivity contribution in [2.45, 2.75) is 77.0 Å². The first-order valence-corrected chi connectivity index (χ1v) is 10.7. The summed E-state index contributed by atoms with van der Waals surface area (Å²) in [5.41, 5.74) is -0.415. The standard InChI is InChI=1S/C21H33F3O4/c1-2-3-4-15-11-25-19(26-12-15)10-5-16-13-27-20(28-14-16)17-6-8-18(9-7-17)21(22,23)24/h8,15-17,19-20H,2-7,9-14H2,1H3. The molecular weight excluding hydrogens is 373 g/mol. The normalized spacial score (nSPS) is 34.9. The third-order valence-corrected chi connectivity index (χ3v) is 6.01. The van der Waals surface area contributed by atoms with Crippen LogP contribution in [0.5, 0.6) is 0 Å². The third-order valence-electron chi connectivity index (χ3n) is 6.01. The van der Waals surface area contributed by atoms with E-state index in [0.29, 0.717) is 32.0 Å². The molecule has 2 saturated heterocycles. The summed E-state index contributed by atoms with van der Waals surface area (Å²) in [6.07, 6.45) is 2.76. The molecule has 3 aliphatic rings. The molecule has 2 aliphatic heterocycles. The number of hydrogen-bond donors (Lipinski definition) is 0. The van der Waals surface area contributed by atoms with Crippen LogP contribution in [0, 0.1) is 17.8 Å². The molecule has 2 fully saturated rings. The first kappa shape index (κ1) is 22.1. The van der Waals surface area contributed by atoms with Crippen molar-refractivity contribution < 1.29 is 32.1 Å². The van der Waals surface area contributed by atoms with E-state index in [-0.39, 0.29) is 30.8 Å². The van der Waals surface area contributed by atoms with Gasteiger partial charge in [-0.05, 0) is 38.5 Å². The van der Waals surface area contributed by atoms with Crippen LogP contribution in [-0.2, 0) is 18.9 Å². The monoisotopic (exact) mass is 406 g/mol. The second kappa shape index (κ2) is 10.4. The van der Waals surface area contributed by atoms with Gasteiger partial charge >= 0.3 is 6.18 Å². The molecule has 7 heteroatoms. The Morgan fingerprint density at radius 3 is 2.14 bits per heavy atom. The van der Waals surface area contributed by atoms with Gasteiger partial charge in [0.15, 0.2) is 12.6 Å². The summed E-state index contributed by atoms with van der Waals surface area (Å²) in [5, 5.41) is 0. The molecule has 4 nitrogen and oxygen atoms in total.